The van der Waals surface area contributed by atoms with Crippen LogP contribution in [-0.2, 0) is 4.74 Å². The summed E-state index contributed by atoms with van der Waals surface area (Å²) in [7, 11) is 0. The normalized spacial score (nSPS) is 14.3. The fourth-order valence-electron chi connectivity index (χ4n) is 4.57. The SMILES string of the molecule is Fc1ccc(I)cc1-c1cc(-c2cc(OCCN3CCOCC3)nc3cnccc23)c2cccnc2n1. The molecule has 1 fully saturated rings. The summed E-state index contributed by atoms with van der Waals surface area (Å²) in [5.41, 5.74) is 4.00. The van der Waals surface area contributed by atoms with E-state index < -0.39 is 0 Å². The molecule has 37 heavy (non-hydrogen) atoms. The maximum absolute atomic E-state index is 14.9. The van der Waals surface area contributed by atoms with Gasteiger partial charge < -0.3 is 9.47 Å². The minimum Gasteiger partial charge on any atom is -0.476 e. The highest BCUT2D eigenvalue weighted by molar-refractivity contribution is 14.1. The minimum atomic E-state index is -0.329. The maximum Gasteiger partial charge on any atom is 0.214 e. The lowest BCUT2D eigenvalue weighted by Gasteiger charge is -2.26. The molecule has 5 aromatic rings. The van der Waals surface area contributed by atoms with Crippen molar-refractivity contribution in [2.75, 3.05) is 39.5 Å². The second-order valence-corrected chi connectivity index (χ2v) is 10.0. The molecule has 0 radical (unpaired) electrons. The van der Waals surface area contributed by atoms with Crippen LogP contribution >= 0.6 is 22.6 Å². The molecule has 4 aromatic heterocycles. The van der Waals surface area contributed by atoms with Crippen molar-refractivity contribution in [3.05, 3.63) is 76.5 Å². The highest BCUT2D eigenvalue weighted by Gasteiger charge is 2.17. The van der Waals surface area contributed by atoms with Crippen LogP contribution in [0.3, 0.4) is 0 Å². The molecule has 1 aliphatic rings. The Morgan fingerprint density at radius 2 is 1.81 bits per heavy atom. The first-order valence-corrected chi connectivity index (χ1v) is 13.1. The molecule has 1 saturated heterocycles. The van der Waals surface area contributed by atoms with E-state index in [9.17, 15) is 4.39 Å². The summed E-state index contributed by atoms with van der Waals surface area (Å²) in [6.45, 7) is 4.60. The average Bonchev–Trinajstić information content (AvgIpc) is 2.94. The van der Waals surface area contributed by atoms with Gasteiger partial charge in [-0.25, -0.2) is 19.3 Å². The summed E-state index contributed by atoms with van der Waals surface area (Å²) < 4.78 is 27.4. The molecule has 1 aliphatic heterocycles. The molecule has 9 heteroatoms. The van der Waals surface area contributed by atoms with Gasteiger partial charge in [0.05, 0.1) is 30.6 Å². The maximum atomic E-state index is 14.9. The van der Waals surface area contributed by atoms with Gasteiger partial charge in [-0.1, -0.05) is 0 Å². The second kappa shape index (κ2) is 10.6. The summed E-state index contributed by atoms with van der Waals surface area (Å²) in [6, 6.07) is 14.7. The summed E-state index contributed by atoms with van der Waals surface area (Å²) >= 11 is 2.18. The molecule has 186 valence electrons. The van der Waals surface area contributed by atoms with Gasteiger partial charge in [0.15, 0.2) is 5.65 Å². The van der Waals surface area contributed by atoms with Gasteiger partial charge in [-0.05, 0) is 76.2 Å². The van der Waals surface area contributed by atoms with Crippen LogP contribution in [0.5, 0.6) is 5.88 Å². The number of halogens is 2. The number of rotatable bonds is 6. The van der Waals surface area contributed by atoms with Gasteiger partial charge in [-0.15, -0.1) is 0 Å². The number of benzene rings is 1. The zero-order valence-electron chi connectivity index (χ0n) is 19.9. The molecule has 0 saturated carbocycles. The first-order chi connectivity index (χ1) is 18.2. The number of morpholine rings is 1. The van der Waals surface area contributed by atoms with Crippen LogP contribution < -0.4 is 4.74 Å². The van der Waals surface area contributed by atoms with Crippen LogP contribution in [0, 0.1) is 9.39 Å². The van der Waals surface area contributed by atoms with Crippen LogP contribution in [0.25, 0.3) is 44.3 Å². The van der Waals surface area contributed by atoms with Gasteiger partial charge in [0.1, 0.15) is 12.4 Å². The molecule has 0 bridgehead atoms. The fourth-order valence-corrected chi connectivity index (χ4v) is 5.06. The highest BCUT2D eigenvalue weighted by Crippen LogP contribution is 2.37. The quantitative estimate of drug-likeness (QED) is 0.241. The van der Waals surface area contributed by atoms with E-state index in [1.165, 1.54) is 6.07 Å². The van der Waals surface area contributed by atoms with E-state index in [1.807, 2.05) is 30.3 Å². The molecule has 5 heterocycles. The monoisotopic (exact) mass is 607 g/mol. The van der Waals surface area contributed by atoms with E-state index in [0.29, 0.717) is 29.4 Å². The molecule has 0 unspecified atom stereocenters. The van der Waals surface area contributed by atoms with Crippen LogP contribution in [0.1, 0.15) is 0 Å². The Bertz CT molecular complexity index is 1590. The summed E-state index contributed by atoms with van der Waals surface area (Å²) in [4.78, 5) is 20.5. The molecular formula is C28H23FIN5O2. The van der Waals surface area contributed by atoms with E-state index in [1.54, 1.807) is 30.7 Å². The Labute approximate surface area is 226 Å². The molecule has 6 rings (SSSR count). The van der Waals surface area contributed by atoms with Crippen molar-refractivity contribution >= 4 is 44.5 Å². The van der Waals surface area contributed by atoms with E-state index in [-0.39, 0.29) is 5.82 Å². The molecule has 0 amide bonds. The van der Waals surface area contributed by atoms with E-state index in [2.05, 4.69) is 37.5 Å². The topological polar surface area (TPSA) is 73.3 Å². The van der Waals surface area contributed by atoms with Crippen molar-refractivity contribution in [2.45, 2.75) is 0 Å². The predicted molar refractivity (Wildman–Crippen MR) is 149 cm³/mol. The van der Waals surface area contributed by atoms with E-state index in [4.69, 9.17) is 19.4 Å². The highest BCUT2D eigenvalue weighted by atomic mass is 127. The van der Waals surface area contributed by atoms with Gasteiger partial charge >= 0.3 is 0 Å². The Balaban J connectivity index is 1.46. The number of aromatic nitrogens is 4. The van der Waals surface area contributed by atoms with Crippen LogP contribution in [0.15, 0.2) is 67.1 Å². The molecular weight excluding hydrogens is 584 g/mol. The number of ether oxygens (including phenoxy) is 2. The first-order valence-electron chi connectivity index (χ1n) is 12.0. The lowest BCUT2D eigenvalue weighted by atomic mass is 9.97. The average molecular weight is 607 g/mol. The van der Waals surface area contributed by atoms with Gasteiger partial charge in [-0.3, -0.25) is 9.88 Å². The minimum absolute atomic E-state index is 0.329. The number of hydrogen-bond donors (Lipinski definition) is 0. The Kier molecular flexibility index (Phi) is 6.90. The molecule has 0 atom stereocenters. The number of hydrogen-bond acceptors (Lipinski definition) is 7. The van der Waals surface area contributed by atoms with Crippen molar-refractivity contribution in [3.63, 3.8) is 0 Å². The van der Waals surface area contributed by atoms with Crippen LogP contribution in [0.2, 0.25) is 0 Å². The van der Waals surface area contributed by atoms with Gasteiger partial charge in [0, 0.05) is 58.0 Å². The molecule has 0 N–H and O–H groups in total. The number of pyridine rings is 4. The zero-order chi connectivity index (χ0) is 25.2. The first kappa shape index (κ1) is 24.1. The molecule has 7 nitrogen and oxygen atoms in total. The third-order valence-corrected chi connectivity index (χ3v) is 7.10. The van der Waals surface area contributed by atoms with Crippen LogP contribution in [0.4, 0.5) is 4.39 Å². The Hall–Kier alpha value is -3.28. The summed E-state index contributed by atoms with van der Waals surface area (Å²) in [5.74, 6) is 0.185. The number of fused-ring (bicyclic) bond motifs is 2. The van der Waals surface area contributed by atoms with Crippen molar-refractivity contribution in [1.29, 1.82) is 0 Å². The smallest absolute Gasteiger partial charge is 0.214 e. The molecule has 0 aliphatic carbocycles. The predicted octanol–water partition coefficient (Wildman–Crippen LogP) is 5.36. The van der Waals surface area contributed by atoms with Gasteiger partial charge in [0.2, 0.25) is 5.88 Å². The van der Waals surface area contributed by atoms with Crippen molar-refractivity contribution in [2.24, 2.45) is 0 Å². The Morgan fingerprint density at radius 1 is 0.946 bits per heavy atom. The van der Waals surface area contributed by atoms with Crippen molar-refractivity contribution in [1.82, 2.24) is 24.8 Å². The lowest BCUT2D eigenvalue weighted by Crippen LogP contribution is -2.38. The van der Waals surface area contributed by atoms with Crippen molar-refractivity contribution in [3.8, 4) is 28.3 Å². The zero-order valence-corrected chi connectivity index (χ0v) is 22.1. The van der Waals surface area contributed by atoms with Gasteiger partial charge in [0.25, 0.3) is 0 Å². The van der Waals surface area contributed by atoms with Crippen molar-refractivity contribution < 1.29 is 13.9 Å². The van der Waals surface area contributed by atoms with E-state index in [0.717, 1.165) is 63.8 Å². The Morgan fingerprint density at radius 3 is 2.70 bits per heavy atom. The molecule has 0 spiro atoms. The summed E-state index contributed by atoms with van der Waals surface area (Å²) in [6.07, 6.45) is 5.17. The van der Waals surface area contributed by atoms with Gasteiger partial charge in [-0.2, -0.15) is 0 Å². The van der Waals surface area contributed by atoms with Crippen LogP contribution in [-0.4, -0.2) is 64.3 Å². The lowest BCUT2D eigenvalue weighted by molar-refractivity contribution is 0.0320. The third kappa shape index (κ3) is 5.11. The second-order valence-electron chi connectivity index (χ2n) is 8.76. The standard InChI is InChI=1S/C28H23FIN5O2/c29-24-4-3-18(30)14-23(24)25-15-21(20-2-1-6-32-28(20)34-25)22-16-27(33-26-17-31-7-5-19(22)26)37-13-10-35-8-11-36-12-9-35/h1-7,14-17H,8-13H2. The number of nitrogens with zero attached hydrogens (tertiary/aromatic N) is 5. The van der Waals surface area contributed by atoms with E-state index >= 15 is 0 Å². The summed E-state index contributed by atoms with van der Waals surface area (Å²) in [5, 5.41) is 1.78. The largest absolute Gasteiger partial charge is 0.476 e. The third-order valence-electron chi connectivity index (χ3n) is 6.43. The fraction of sp³-hybridized carbons (Fsp3) is 0.214. The molecule has 1 aromatic carbocycles.